The molecule has 0 radical (unpaired) electrons. The van der Waals surface area contributed by atoms with Gasteiger partial charge in [-0.05, 0) is 47.5 Å². The van der Waals surface area contributed by atoms with Crippen LogP contribution in [0.1, 0.15) is 5.56 Å². The molecule has 0 unspecified atom stereocenters. The second-order valence-corrected chi connectivity index (χ2v) is 6.67. The van der Waals surface area contributed by atoms with Gasteiger partial charge in [0.25, 0.3) is 0 Å². The molecule has 1 N–H and O–H groups in total. The van der Waals surface area contributed by atoms with Crippen molar-refractivity contribution >= 4 is 11.0 Å². The van der Waals surface area contributed by atoms with E-state index in [9.17, 15) is 23.1 Å². The Morgan fingerprint density at radius 3 is 2.45 bits per heavy atom. The molecule has 0 amide bonds. The number of hydrogen-bond donors (Lipinski definition) is 1. The van der Waals surface area contributed by atoms with Crippen molar-refractivity contribution in [3.05, 3.63) is 88.8 Å². The van der Waals surface area contributed by atoms with E-state index < -0.39 is 6.36 Å². The summed E-state index contributed by atoms with van der Waals surface area (Å²) in [6.07, 6.45) is -3.44. The molecule has 0 aliphatic carbocycles. The Balaban J connectivity index is 1.54. The van der Waals surface area contributed by atoms with Gasteiger partial charge in [0.15, 0.2) is 5.43 Å². The molecule has 0 aliphatic rings. The number of fused-ring (bicyclic) bond motifs is 1. The van der Waals surface area contributed by atoms with Crippen LogP contribution in [-0.2, 0) is 6.61 Å². The minimum atomic E-state index is -4.77. The predicted octanol–water partition coefficient (Wildman–Crippen LogP) is 5.64. The van der Waals surface area contributed by atoms with Gasteiger partial charge in [0.05, 0.1) is 10.9 Å². The van der Waals surface area contributed by atoms with Gasteiger partial charge in [-0.1, -0.05) is 24.3 Å². The van der Waals surface area contributed by atoms with Crippen molar-refractivity contribution in [2.24, 2.45) is 0 Å². The van der Waals surface area contributed by atoms with Crippen LogP contribution >= 0.6 is 0 Å². The van der Waals surface area contributed by atoms with Gasteiger partial charge in [-0.15, -0.1) is 13.2 Å². The number of rotatable bonds is 5. The van der Waals surface area contributed by atoms with E-state index in [4.69, 9.17) is 9.15 Å². The van der Waals surface area contributed by atoms with Crippen molar-refractivity contribution in [2.75, 3.05) is 0 Å². The maximum absolute atomic E-state index is 12.8. The van der Waals surface area contributed by atoms with Crippen molar-refractivity contribution in [3.8, 4) is 28.4 Å². The molecule has 8 heteroatoms. The standard InChI is InChI=1S/C23H15F3O5/c24-23(25,26)31-18-3-1-2-14(10-18)12-29-17-8-9-19-21(11-17)30-13-20(22(19)28)15-4-6-16(27)7-5-15/h1-11,13,27H,12H2. The second kappa shape index (κ2) is 8.06. The Labute approximate surface area is 173 Å². The van der Waals surface area contributed by atoms with E-state index >= 15 is 0 Å². The zero-order valence-electron chi connectivity index (χ0n) is 15.8. The van der Waals surface area contributed by atoms with Crippen LogP contribution in [0.2, 0.25) is 0 Å². The summed E-state index contributed by atoms with van der Waals surface area (Å²) in [5.41, 5.74) is 1.50. The van der Waals surface area contributed by atoms with E-state index in [1.54, 1.807) is 30.3 Å². The first-order chi connectivity index (χ1) is 14.8. The lowest BCUT2D eigenvalue weighted by Gasteiger charge is -2.11. The monoisotopic (exact) mass is 428 g/mol. The molecule has 0 saturated heterocycles. The minimum absolute atomic E-state index is 0.00358. The fourth-order valence-electron chi connectivity index (χ4n) is 3.04. The first-order valence-corrected chi connectivity index (χ1v) is 9.11. The minimum Gasteiger partial charge on any atom is -0.508 e. The van der Waals surface area contributed by atoms with Crippen molar-refractivity contribution in [1.82, 2.24) is 0 Å². The molecule has 1 aromatic heterocycles. The van der Waals surface area contributed by atoms with E-state index in [1.165, 1.54) is 42.7 Å². The number of halogens is 3. The van der Waals surface area contributed by atoms with Crippen LogP contribution in [0, 0.1) is 0 Å². The van der Waals surface area contributed by atoms with E-state index in [2.05, 4.69) is 4.74 Å². The Morgan fingerprint density at radius 2 is 1.71 bits per heavy atom. The summed E-state index contributed by atoms with van der Waals surface area (Å²) in [7, 11) is 0. The smallest absolute Gasteiger partial charge is 0.508 e. The highest BCUT2D eigenvalue weighted by Gasteiger charge is 2.31. The van der Waals surface area contributed by atoms with Gasteiger partial charge < -0.3 is 19.0 Å². The van der Waals surface area contributed by atoms with Crippen molar-refractivity contribution in [1.29, 1.82) is 0 Å². The zero-order chi connectivity index (χ0) is 22.0. The third-order valence-electron chi connectivity index (χ3n) is 4.46. The van der Waals surface area contributed by atoms with Crippen LogP contribution in [0.4, 0.5) is 13.2 Å². The van der Waals surface area contributed by atoms with Crippen molar-refractivity contribution in [2.45, 2.75) is 13.0 Å². The average molecular weight is 428 g/mol. The Bertz CT molecular complexity index is 1280. The lowest BCUT2D eigenvalue weighted by atomic mass is 10.1. The zero-order valence-corrected chi connectivity index (χ0v) is 15.8. The maximum Gasteiger partial charge on any atom is 0.573 e. The van der Waals surface area contributed by atoms with Gasteiger partial charge in [-0.3, -0.25) is 4.79 Å². The quantitative estimate of drug-likeness (QED) is 0.445. The molecule has 3 aromatic carbocycles. The first kappa shape index (κ1) is 20.3. The molecule has 0 atom stereocenters. The van der Waals surface area contributed by atoms with E-state index in [1.807, 2.05) is 0 Å². The van der Waals surface area contributed by atoms with Crippen LogP contribution in [0.3, 0.4) is 0 Å². The SMILES string of the molecule is O=c1c(-c2ccc(O)cc2)coc2cc(OCc3cccc(OC(F)(F)F)c3)ccc12. The van der Waals surface area contributed by atoms with Crippen LogP contribution in [0.25, 0.3) is 22.1 Å². The summed E-state index contributed by atoms with van der Waals surface area (Å²) >= 11 is 0. The topological polar surface area (TPSA) is 68.9 Å². The highest BCUT2D eigenvalue weighted by molar-refractivity contribution is 5.82. The number of hydrogen-bond acceptors (Lipinski definition) is 5. The molecule has 0 aliphatic heterocycles. The van der Waals surface area contributed by atoms with Gasteiger partial charge >= 0.3 is 6.36 Å². The van der Waals surface area contributed by atoms with Gasteiger partial charge in [-0.2, -0.15) is 0 Å². The third-order valence-corrected chi connectivity index (χ3v) is 4.46. The number of phenolic OH excluding ortho intramolecular Hbond substituents is 1. The summed E-state index contributed by atoms with van der Waals surface area (Å²) in [5.74, 6) is 0.140. The second-order valence-electron chi connectivity index (χ2n) is 6.67. The van der Waals surface area contributed by atoms with Gasteiger partial charge in [0.2, 0.25) is 0 Å². The van der Waals surface area contributed by atoms with Gasteiger partial charge in [0.1, 0.15) is 35.7 Å². The highest BCUT2D eigenvalue weighted by atomic mass is 19.4. The summed E-state index contributed by atoms with van der Waals surface area (Å²) in [5, 5.41) is 9.75. The molecule has 5 nitrogen and oxygen atoms in total. The summed E-state index contributed by atoms with van der Waals surface area (Å²) in [6, 6.07) is 16.3. The molecule has 4 rings (SSSR count). The van der Waals surface area contributed by atoms with E-state index in [-0.39, 0.29) is 23.5 Å². The van der Waals surface area contributed by atoms with Gasteiger partial charge in [0, 0.05) is 6.07 Å². The van der Waals surface area contributed by atoms with Crippen LogP contribution in [-0.4, -0.2) is 11.5 Å². The molecular weight excluding hydrogens is 413 g/mol. The fraction of sp³-hybridized carbons (Fsp3) is 0.0870. The molecule has 0 fully saturated rings. The number of aromatic hydroxyl groups is 1. The summed E-state index contributed by atoms with van der Waals surface area (Å²) in [6.45, 7) is -0.00358. The first-order valence-electron chi connectivity index (χ1n) is 9.11. The lowest BCUT2D eigenvalue weighted by Crippen LogP contribution is -2.17. The number of phenols is 1. The Morgan fingerprint density at radius 1 is 0.935 bits per heavy atom. The molecule has 4 aromatic rings. The number of benzene rings is 3. The number of ether oxygens (including phenoxy) is 2. The molecule has 158 valence electrons. The van der Waals surface area contributed by atoms with Crippen molar-refractivity contribution in [3.63, 3.8) is 0 Å². The Hall–Kier alpha value is -3.94. The number of alkyl halides is 3. The summed E-state index contributed by atoms with van der Waals surface area (Å²) < 4.78 is 52.2. The van der Waals surface area contributed by atoms with Crippen LogP contribution < -0.4 is 14.9 Å². The maximum atomic E-state index is 12.8. The molecular formula is C23H15F3O5. The van der Waals surface area contributed by atoms with E-state index in [0.29, 0.717) is 33.4 Å². The van der Waals surface area contributed by atoms with Crippen molar-refractivity contribution < 1.29 is 32.2 Å². The normalized spacial score (nSPS) is 11.5. The third kappa shape index (κ3) is 4.80. The largest absolute Gasteiger partial charge is 0.573 e. The van der Waals surface area contributed by atoms with Gasteiger partial charge in [-0.25, -0.2) is 0 Å². The molecule has 0 spiro atoms. The highest BCUT2D eigenvalue weighted by Crippen LogP contribution is 2.26. The molecule has 0 saturated carbocycles. The average Bonchev–Trinajstić information content (AvgIpc) is 2.72. The fourth-order valence-corrected chi connectivity index (χ4v) is 3.04. The molecule has 31 heavy (non-hydrogen) atoms. The predicted molar refractivity (Wildman–Crippen MR) is 107 cm³/mol. The van der Waals surface area contributed by atoms with Crippen LogP contribution in [0.15, 0.2) is 82.2 Å². The Kier molecular flexibility index (Phi) is 5.29. The van der Waals surface area contributed by atoms with E-state index in [0.717, 1.165) is 0 Å². The van der Waals surface area contributed by atoms with Crippen LogP contribution in [0.5, 0.6) is 17.2 Å². The molecule has 0 bridgehead atoms. The lowest BCUT2D eigenvalue weighted by molar-refractivity contribution is -0.274. The molecule has 1 heterocycles. The summed E-state index contributed by atoms with van der Waals surface area (Å²) in [4.78, 5) is 12.8.